The van der Waals surface area contributed by atoms with Gasteiger partial charge in [0, 0.05) is 13.1 Å². The van der Waals surface area contributed by atoms with Gasteiger partial charge in [-0.15, -0.1) is 0 Å². The Morgan fingerprint density at radius 3 is 2.61 bits per heavy atom. The second kappa shape index (κ2) is 5.05. The summed E-state index contributed by atoms with van der Waals surface area (Å²) in [6, 6.07) is 6.24. The molecule has 0 aromatic heterocycles. The van der Waals surface area contributed by atoms with Crippen molar-refractivity contribution >= 4 is 11.7 Å². The Kier molecular flexibility index (Phi) is 3.47. The molecule has 2 rings (SSSR count). The van der Waals surface area contributed by atoms with Crippen molar-refractivity contribution in [3.05, 3.63) is 29.6 Å². The molecule has 1 aliphatic rings. The zero-order valence-corrected chi connectivity index (χ0v) is 9.77. The second-order valence-electron chi connectivity index (χ2n) is 4.38. The molecule has 0 amide bonds. The highest BCUT2D eigenvalue weighted by Gasteiger charge is 2.25. The lowest BCUT2D eigenvalue weighted by Gasteiger charge is -2.32. The average molecular weight is 248 g/mol. The number of carboxylic acids is 1. The third-order valence-electron chi connectivity index (χ3n) is 3.26. The van der Waals surface area contributed by atoms with Crippen LogP contribution in [0.2, 0.25) is 0 Å². The largest absolute Gasteiger partial charge is 0.481 e. The molecule has 0 spiro atoms. The van der Waals surface area contributed by atoms with E-state index in [2.05, 4.69) is 0 Å². The number of benzene rings is 1. The molecule has 0 radical (unpaired) electrons. The Bertz CT molecular complexity index is 502. The van der Waals surface area contributed by atoms with Crippen LogP contribution in [0.4, 0.5) is 10.1 Å². The number of aliphatic carboxylic acids is 1. The van der Waals surface area contributed by atoms with Gasteiger partial charge in [0.15, 0.2) is 0 Å². The number of piperidine rings is 1. The van der Waals surface area contributed by atoms with Crippen LogP contribution in [0.1, 0.15) is 18.4 Å². The first-order valence-electron chi connectivity index (χ1n) is 5.79. The van der Waals surface area contributed by atoms with Crippen LogP contribution in [0.5, 0.6) is 0 Å². The number of rotatable bonds is 2. The minimum absolute atomic E-state index is 0.289. The molecule has 5 heteroatoms. The SMILES string of the molecule is N#Cc1ccc(N2CCC(C(=O)O)CC2)c(F)c1. The monoisotopic (exact) mass is 248 g/mol. The Morgan fingerprint density at radius 1 is 1.44 bits per heavy atom. The summed E-state index contributed by atoms with van der Waals surface area (Å²) >= 11 is 0. The van der Waals surface area contributed by atoms with Gasteiger partial charge in [-0.1, -0.05) is 0 Å². The van der Waals surface area contributed by atoms with Gasteiger partial charge in [0.2, 0.25) is 0 Å². The summed E-state index contributed by atoms with van der Waals surface area (Å²) in [5, 5.41) is 17.6. The quantitative estimate of drug-likeness (QED) is 0.869. The van der Waals surface area contributed by atoms with Gasteiger partial charge in [0.25, 0.3) is 0 Å². The Hall–Kier alpha value is -2.09. The average Bonchev–Trinajstić information content (AvgIpc) is 2.38. The van der Waals surface area contributed by atoms with Gasteiger partial charge in [-0.3, -0.25) is 4.79 Å². The predicted molar refractivity (Wildman–Crippen MR) is 63.7 cm³/mol. The number of nitrogens with zero attached hydrogens (tertiary/aromatic N) is 2. The lowest BCUT2D eigenvalue weighted by Crippen LogP contribution is -2.36. The van der Waals surface area contributed by atoms with E-state index in [1.165, 1.54) is 6.07 Å². The fourth-order valence-corrected chi connectivity index (χ4v) is 2.20. The maximum absolute atomic E-state index is 13.8. The minimum Gasteiger partial charge on any atom is -0.481 e. The van der Waals surface area contributed by atoms with Crippen molar-refractivity contribution in [1.29, 1.82) is 5.26 Å². The van der Waals surface area contributed by atoms with Gasteiger partial charge in [0.05, 0.1) is 23.2 Å². The molecular weight excluding hydrogens is 235 g/mol. The predicted octanol–water partition coefficient (Wildman–Crippen LogP) is 2.00. The molecule has 4 nitrogen and oxygen atoms in total. The first-order chi connectivity index (χ1) is 8.61. The summed E-state index contributed by atoms with van der Waals surface area (Å²) in [5.74, 6) is -1.54. The Labute approximate surface area is 104 Å². The van der Waals surface area contributed by atoms with Gasteiger partial charge in [0.1, 0.15) is 5.82 Å². The van der Waals surface area contributed by atoms with E-state index < -0.39 is 11.8 Å². The Balaban J connectivity index is 2.10. The van der Waals surface area contributed by atoms with Crippen molar-refractivity contribution in [3.8, 4) is 6.07 Å². The summed E-state index contributed by atoms with van der Waals surface area (Å²) in [5.41, 5.74) is 0.731. The van der Waals surface area contributed by atoms with Crippen molar-refractivity contribution in [2.45, 2.75) is 12.8 Å². The number of carboxylic acid groups (broad SMARTS) is 1. The van der Waals surface area contributed by atoms with Gasteiger partial charge in [-0.05, 0) is 31.0 Å². The van der Waals surface area contributed by atoms with E-state index in [0.717, 1.165) is 0 Å². The number of nitriles is 1. The zero-order chi connectivity index (χ0) is 13.1. The van der Waals surface area contributed by atoms with E-state index in [1.54, 1.807) is 12.1 Å². The zero-order valence-electron chi connectivity index (χ0n) is 9.77. The van der Waals surface area contributed by atoms with Crippen LogP contribution < -0.4 is 4.90 Å². The van der Waals surface area contributed by atoms with E-state index in [0.29, 0.717) is 31.6 Å². The van der Waals surface area contributed by atoms with Gasteiger partial charge in [-0.2, -0.15) is 5.26 Å². The summed E-state index contributed by atoms with van der Waals surface area (Å²) < 4.78 is 13.8. The first-order valence-corrected chi connectivity index (χ1v) is 5.79. The molecule has 1 N–H and O–H groups in total. The standard InChI is InChI=1S/C13H13FN2O2/c14-11-7-9(8-15)1-2-12(11)16-5-3-10(4-6-16)13(17)18/h1-2,7,10H,3-6H2,(H,17,18). The van der Waals surface area contributed by atoms with Gasteiger partial charge < -0.3 is 10.0 Å². The first kappa shape index (κ1) is 12.4. The lowest BCUT2D eigenvalue weighted by molar-refractivity contribution is -0.142. The maximum atomic E-state index is 13.8. The molecular formula is C13H13FN2O2. The van der Waals surface area contributed by atoms with Gasteiger partial charge in [-0.25, -0.2) is 4.39 Å². The van der Waals surface area contributed by atoms with Crippen molar-refractivity contribution in [2.75, 3.05) is 18.0 Å². The van der Waals surface area contributed by atoms with Crippen LogP contribution in [-0.4, -0.2) is 24.2 Å². The van der Waals surface area contributed by atoms with E-state index >= 15 is 0 Å². The molecule has 1 saturated heterocycles. The highest BCUT2D eigenvalue weighted by Crippen LogP contribution is 2.26. The molecule has 0 atom stereocenters. The smallest absolute Gasteiger partial charge is 0.306 e. The molecule has 0 unspecified atom stereocenters. The van der Waals surface area contributed by atoms with Gasteiger partial charge >= 0.3 is 5.97 Å². The number of hydrogen-bond acceptors (Lipinski definition) is 3. The summed E-state index contributed by atoms with van der Waals surface area (Å²) in [4.78, 5) is 12.6. The third kappa shape index (κ3) is 2.43. The van der Waals surface area contributed by atoms with Crippen molar-refractivity contribution in [2.24, 2.45) is 5.92 Å². The van der Waals surface area contributed by atoms with Crippen LogP contribution >= 0.6 is 0 Å². The van der Waals surface area contributed by atoms with E-state index in [1.807, 2.05) is 11.0 Å². The number of halogens is 1. The number of carbonyl (C=O) groups is 1. The van der Waals surface area contributed by atoms with E-state index in [9.17, 15) is 9.18 Å². The van der Waals surface area contributed by atoms with Crippen LogP contribution in [0, 0.1) is 23.1 Å². The summed E-state index contributed by atoms with van der Waals surface area (Å²) in [6.45, 7) is 1.06. The lowest BCUT2D eigenvalue weighted by atomic mass is 9.96. The molecule has 0 bridgehead atoms. The molecule has 0 aliphatic carbocycles. The maximum Gasteiger partial charge on any atom is 0.306 e. The fraction of sp³-hybridized carbons (Fsp3) is 0.385. The summed E-state index contributed by atoms with van der Waals surface area (Å²) in [7, 11) is 0. The molecule has 1 fully saturated rings. The molecule has 0 saturated carbocycles. The van der Waals surface area contributed by atoms with Crippen molar-refractivity contribution in [1.82, 2.24) is 0 Å². The highest BCUT2D eigenvalue weighted by atomic mass is 19.1. The second-order valence-corrected chi connectivity index (χ2v) is 4.38. The van der Waals surface area contributed by atoms with E-state index in [4.69, 9.17) is 10.4 Å². The normalized spacial score (nSPS) is 16.3. The molecule has 94 valence electrons. The molecule has 1 heterocycles. The van der Waals surface area contributed by atoms with E-state index in [-0.39, 0.29) is 11.5 Å². The van der Waals surface area contributed by atoms with Crippen LogP contribution in [-0.2, 0) is 4.79 Å². The molecule has 1 aromatic rings. The molecule has 18 heavy (non-hydrogen) atoms. The molecule has 1 aliphatic heterocycles. The van der Waals surface area contributed by atoms with Crippen molar-refractivity contribution in [3.63, 3.8) is 0 Å². The topological polar surface area (TPSA) is 64.3 Å². The van der Waals surface area contributed by atoms with Crippen molar-refractivity contribution < 1.29 is 14.3 Å². The van der Waals surface area contributed by atoms with Crippen LogP contribution in [0.3, 0.4) is 0 Å². The third-order valence-corrected chi connectivity index (χ3v) is 3.26. The van der Waals surface area contributed by atoms with Crippen LogP contribution in [0.25, 0.3) is 0 Å². The number of anilines is 1. The van der Waals surface area contributed by atoms with Crippen LogP contribution in [0.15, 0.2) is 18.2 Å². The minimum atomic E-state index is -0.782. The highest BCUT2D eigenvalue weighted by molar-refractivity contribution is 5.70. The molecule has 1 aromatic carbocycles. The number of hydrogen-bond donors (Lipinski definition) is 1. The summed E-state index contributed by atoms with van der Waals surface area (Å²) in [6.07, 6.45) is 1.05. The Morgan fingerprint density at radius 2 is 2.11 bits per heavy atom. The fourth-order valence-electron chi connectivity index (χ4n) is 2.20.